The number of ether oxygens (including phenoxy) is 1. The van der Waals surface area contributed by atoms with Gasteiger partial charge in [0.15, 0.2) is 0 Å². The van der Waals surface area contributed by atoms with Crippen LogP contribution in [-0.4, -0.2) is 36.6 Å². The highest BCUT2D eigenvalue weighted by molar-refractivity contribution is 6.10. The van der Waals surface area contributed by atoms with Gasteiger partial charge in [-0.2, -0.15) is 0 Å². The van der Waals surface area contributed by atoms with Crippen molar-refractivity contribution < 1.29 is 22.7 Å². The molecule has 7 nitrogen and oxygen atoms in total. The van der Waals surface area contributed by atoms with Crippen molar-refractivity contribution in [3.8, 4) is 17.0 Å². The molecule has 5 N–H and O–H groups in total. The molecule has 1 fully saturated rings. The molecule has 2 aliphatic rings. The molecular formula is C26H26F3N5O2. The van der Waals surface area contributed by atoms with E-state index in [2.05, 4.69) is 22.1 Å². The number of benzene rings is 2. The van der Waals surface area contributed by atoms with Crippen LogP contribution < -0.4 is 26.4 Å². The predicted octanol–water partition coefficient (Wildman–Crippen LogP) is 4.11. The second-order valence-corrected chi connectivity index (χ2v) is 9.35. The normalized spacial score (nSPS) is 19.1. The van der Waals surface area contributed by atoms with Crippen LogP contribution in [0.25, 0.3) is 11.1 Å². The number of piperidine rings is 1. The van der Waals surface area contributed by atoms with E-state index in [0.717, 1.165) is 35.9 Å². The average molecular weight is 498 g/mol. The van der Waals surface area contributed by atoms with Gasteiger partial charge < -0.3 is 26.4 Å². The highest BCUT2D eigenvalue weighted by Gasteiger charge is 2.31. The number of amides is 1. The summed E-state index contributed by atoms with van der Waals surface area (Å²) in [7, 11) is 0. The predicted molar refractivity (Wildman–Crippen MR) is 132 cm³/mol. The third-order valence-electron chi connectivity index (χ3n) is 6.59. The van der Waals surface area contributed by atoms with Crippen LogP contribution in [0.4, 0.5) is 30.2 Å². The zero-order valence-corrected chi connectivity index (χ0v) is 19.7. The summed E-state index contributed by atoms with van der Waals surface area (Å²) in [6, 6.07) is 5.56. The summed E-state index contributed by atoms with van der Waals surface area (Å²) < 4.78 is 49.9. The Labute approximate surface area is 206 Å². The first-order valence-electron chi connectivity index (χ1n) is 11.7. The van der Waals surface area contributed by atoms with Crippen molar-refractivity contribution in [2.75, 3.05) is 35.6 Å². The van der Waals surface area contributed by atoms with Crippen LogP contribution in [0.2, 0.25) is 0 Å². The summed E-state index contributed by atoms with van der Waals surface area (Å²) in [5.74, 6) is -3.08. The van der Waals surface area contributed by atoms with Gasteiger partial charge in [0.25, 0.3) is 5.91 Å². The smallest absolute Gasteiger partial charge is 0.260 e. The molecule has 3 aromatic rings. The standard InChI is InChI=1S/C26H26F3N5O2/c1-13-9-14(30)12-34(11-13)24-16-7-8-36-26(16)32-10-20(24)33-25(35)22-19(31)6-5-15(23(22)29)21-17(27)3-2-4-18(21)28/h2-6,10,13-14H,7-9,11-12,30-31H2,1H3,(H,33,35)/t13-,14+/m1/s1. The third kappa shape index (κ3) is 4.21. The topological polar surface area (TPSA) is 106 Å². The highest BCUT2D eigenvalue weighted by atomic mass is 19.1. The van der Waals surface area contributed by atoms with Crippen LogP contribution in [0.3, 0.4) is 0 Å². The maximum Gasteiger partial charge on any atom is 0.260 e. The quantitative estimate of drug-likeness (QED) is 0.469. The van der Waals surface area contributed by atoms with E-state index in [1.165, 1.54) is 18.3 Å². The van der Waals surface area contributed by atoms with E-state index in [4.69, 9.17) is 16.2 Å². The fourth-order valence-electron chi connectivity index (χ4n) is 5.12. The van der Waals surface area contributed by atoms with Gasteiger partial charge in [0.05, 0.1) is 35.3 Å². The maximum absolute atomic E-state index is 15.6. The van der Waals surface area contributed by atoms with Crippen LogP contribution in [0.1, 0.15) is 29.3 Å². The molecular weight excluding hydrogens is 471 g/mol. The number of rotatable bonds is 4. The van der Waals surface area contributed by atoms with E-state index in [1.807, 2.05) is 0 Å². The van der Waals surface area contributed by atoms with Gasteiger partial charge in [0.2, 0.25) is 5.88 Å². The van der Waals surface area contributed by atoms with Gasteiger partial charge in [-0.15, -0.1) is 0 Å². The van der Waals surface area contributed by atoms with Gasteiger partial charge in [-0.25, -0.2) is 18.2 Å². The number of anilines is 3. The molecule has 1 saturated heterocycles. The Morgan fingerprint density at radius 3 is 2.64 bits per heavy atom. The van der Waals surface area contributed by atoms with Gasteiger partial charge in [0.1, 0.15) is 17.5 Å². The third-order valence-corrected chi connectivity index (χ3v) is 6.59. The monoisotopic (exact) mass is 497 g/mol. The van der Waals surface area contributed by atoms with Gasteiger partial charge in [-0.1, -0.05) is 13.0 Å². The van der Waals surface area contributed by atoms with Crippen molar-refractivity contribution in [1.29, 1.82) is 0 Å². The number of carbonyl (C=O) groups excluding carboxylic acids is 1. The Balaban J connectivity index is 1.55. The SMILES string of the molecule is C[C@@H]1C[C@H](N)CN(c2c(NC(=O)c3c(N)ccc(-c4c(F)cccc4F)c3F)cnc3c2CCO3)C1. The molecule has 0 bridgehead atoms. The zero-order valence-electron chi connectivity index (χ0n) is 19.7. The molecule has 2 atom stereocenters. The number of hydrogen-bond donors (Lipinski definition) is 3. The fourth-order valence-corrected chi connectivity index (χ4v) is 5.12. The molecule has 1 amide bonds. The minimum Gasteiger partial charge on any atom is -0.477 e. The largest absolute Gasteiger partial charge is 0.477 e. The van der Waals surface area contributed by atoms with E-state index >= 15 is 4.39 Å². The van der Waals surface area contributed by atoms with Crippen molar-refractivity contribution in [1.82, 2.24) is 4.98 Å². The molecule has 188 valence electrons. The molecule has 0 unspecified atom stereocenters. The first kappa shape index (κ1) is 23.9. The molecule has 2 aliphatic heterocycles. The number of fused-ring (bicyclic) bond motifs is 1. The van der Waals surface area contributed by atoms with Crippen LogP contribution in [0, 0.1) is 23.4 Å². The summed E-state index contributed by atoms with van der Waals surface area (Å²) in [6.07, 6.45) is 2.93. The Kier molecular flexibility index (Phi) is 6.21. The minimum absolute atomic E-state index is 0.0520. The lowest BCUT2D eigenvalue weighted by Gasteiger charge is -2.38. The highest BCUT2D eigenvalue weighted by Crippen LogP contribution is 2.40. The molecule has 5 rings (SSSR count). The van der Waals surface area contributed by atoms with E-state index < -0.39 is 40.0 Å². The molecule has 0 saturated carbocycles. The lowest BCUT2D eigenvalue weighted by Crippen LogP contribution is -2.47. The summed E-state index contributed by atoms with van der Waals surface area (Å²) in [5, 5.41) is 2.73. The molecule has 1 aromatic heterocycles. The van der Waals surface area contributed by atoms with Gasteiger partial charge in [-0.3, -0.25) is 4.79 Å². The zero-order chi connectivity index (χ0) is 25.6. The molecule has 0 aliphatic carbocycles. The number of nitrogens with zero attached hydrogens (tertiary/aromatic N) is 2. The number of nitrogen functional groups attached to an aromatic ring is 1. The summed E-state index contributed by atoms with van der Waals surface area (Å²) in [5.41, 5.74) is 12.5. The van der Waals surface area contributed by atoms with Crippen LogP contribution in [-0.2, 0) is 6.42 Å². The fraction of sp³-hybridized carbons (Fsp3) is 0.308. The number of aromatic nitrogens is 1. The van der Waals surface area contributed by atoms with Crippen molar-refractivity contribution >= 4 is 23.0 Å². The second kappa shape index (κ2) is 9.34. The summed E-state index contributed by atoms with van der Waals surface area (Å²) in [6.45, 7) is 3.85. The molecule has 10 heteroatoms. The van der Waals surface area contributed by atoms with Crippen molar-refractivity contribution in [3.05, 3.63) is 65.1 Å². The number of halogens is 3. The second-order valence-electron chi connectivity index (χ2n) is 9.35. The molecule has 2 aromatic carbocycles. The van der Waals surface area contributed by atoms with Crippen molar-refractivity contribution in [2.45, 2.75) is 25.8 Å². The van der Waals surface area contributed by atoms with Crippen LogP contribution >= 0.6 is 0 Å². The Bertz CT molecular complexity index is 1320. The number of nitrogens with two attached hydrogens (primary N) is 2. The minimum atomic E-state index is -1.12. The van der Waals surface area contributed by atoms with E-state index in [0.29, 0.717) is 43.6 Å². The molecule has 0 spiro atoms. The Hall–Kier alpha value is -3.79. The molecule has 36 heavy (non-hydrogen) atoms. The summed E-state index contributed by atoms with van der Waals surface area (Å²) >= 11 is 0. The summed E-state index contributed by atoms with van der Waals surface area (Å²) in [4.78, 5) is 19.8. The number of pyridine rings is 1. The first-order valence-corrected chi connectivity index (χ1v) is 11.7. The lowest BCUT2D eigenvalue weighted by molar-refractivity contribution is 0.102. The maximum atomic E-state index is 15.6. The van der Waals surface area contributed by atoms with Crippen molar-refractivity contribution in [3.63, 3.8) is 0 Å². The first-order chi connectivity index (χ1) is 17.2. The van der Waals surface area contributed by atoms with Gasteiger partial charge >= 0.3 is 0 Å². The van der Waals surface area contributed by atoms with Crippen LogP contribution in [0.15, 0.2) is 36.5 Å². The molecule has 0 radical (unpaired) electrons. The average Bonchev–Trinajstić information content (AvgIpc) is 3.28. The van der Waals surface area contributed by atoms with Crippen molar-refractivity contribution in [2.24, 2.45) is 11.7 Å². The Morgan fingerprint density at radius 1 is 1.17 bits per heavy atom. The Morgan fingerprint density at radius 2 is 1.92 bits per heavy atom. The van der Waals surface area contributed by atoms with Crippen LogP contribution in [0.5, 0.6) is 5.88 Å². The van der Waals surface area contributed by atoms with Gasteiger partial charge in [0, 0.05) is 42.4 Å². The van der Waals surface area contributed by atoms with E-state index in [9.17, 15) is 13.6 Å². The van der Waals surface area contributed by atoms with E-state index in [1.54, 1.807) is 0 Å². The molecule has 3 heterocycles. The number of nitrogens with one attached hydrogen (secondary N) is 1. The van der Waals surface area contributed by atoms with E-state index in [-0.39, 0.29) is 11.7 Å². The number of hydrogen-bond acceptors (Lipinski definition) is 6. The lowest BCUT2D eigenvalue weighted by atomic mass is 9.95. The number of carbonyl (C=O) groups is 1. The van der Waals surface area contributed by atoms with Gasteiger partial charge in [-0.05, 0) is 36.6 Å².